The Hall–Kier alpha value is -1.96. The van der Waals surface area contributed by atoms with Crippen LogP contribution >= 0.6 is 24.8 Å². The van der Waals surface area contributed by atoms with Gasteiger partial charge >= 0.3 is 307 Å². The first-order valence-corrected chi connectivity index (χ1v) is 33.7. The van der Waals surface area contributed by atoms with Crippen LogP contribution in [0.25, 0.3) is 34.4 Å². The molecule has 52 heavy (non-hydrogen) atoms. The molecule has 2 unspecified atom stereocenters. The molecule has 8 rings (SSSR count). The molecule has 0 N–H and O–H groups in total. The van der Waals surface area contributed by atoms with E-state index in [9.17, 15) is 0 Å². The quantitative estimate of drug-likeness (QED) is 0.125. The molecule has 274 valence electrons. The number of fused-ring (bicyclic) bond motifs is 2. The molecule has 0 heterocycles. The fraction of sp³-hybridized carbons (Fsp3) is 0.417. The van der Waals surface area contributed by atoms with Gasteiger partial charge in [-0.15, -0.1) is 24.8 Å². The molecule has 4 heteroatoms. The molecule has 0 radical (unpaired) electrons. The van der Waals surface area contributed by atoms with Crippen LogP contribution in [0.5, 0.6) is 0 Å². The SMILES string of the molecule is CCCC1(CC2=Cc3c(-c4ccccc4)cccc3[CH]2[Zr]([CH3])([CH3])(=[SiH2])[CH]2C(CC3(CCC)CCC3)=Cc3c(-c4ccccc4)cccc32)CCC1.Cl.Cl. The Labute approximate surface area is 329 Å². The van der Waals surface area contributed by atoms with Crippen molar-refractivity contribution in [2.75, 3.05) is 0 Å². The number of hydrogen-bond acceptors (Lipinski definition) is 0. The largest absolute Gasteiger partial charge is 0.147 e. The third-order valence-electron chi connectivity index (χ3n) is 13.9. The van der Waals surface area contributed by atoms with Gasteiger partial charge in [0.15, 0.2) is 0 Å². The van der Waals surface area contributed by atoms with Crippen molar-refractivity contribution in [2.24, 2.45) is 10.8 Å². The van der Waals surface area contributed by atoms with E-state index in [1.54, 1.807) is 22.3 Å². The molecule has 0 bridgehead atoms. The van der Waals surface area contributed by atoms with Crippen molar-refractivity contribution in [2.45, 2.75) is 107 Å². The van der Waals surface area contributed by atoms with Crippen molar-refractivity contribution < 1.29 is 17.4 Å². The van der Waals surface area contributed by atoms with E-state index >= 15 is 0 Å². The predicted octanol–water partition coefficient (Wildman–Crippen LogP) is 14.5. The summed E-state index contributed by atoms with van der Waals surface area (Å²) >= 11 is -3.84. The van der Waals surface area contributed by atoms with Gasteiger partial charge in [-0.3, -0.25) is 0 Å². The van der Waals surface area contributed by atoms with E-state index < -0.39 is 17.4 Å². The zero-order chi connectivity index (χ0) is 34.6. The molecular weight excluding hydrogens is 767 g/mol. The first kappa shape index (κ1) is 39.7. The Kier molecular flexibility index (Phi) is 11.7. The van der Waals surface area contributed by atoms with Crippen molar-refractivity contribution in [3.05, 3.63) is 130 Å². The van der Waals surface area contributed by atoms with Gasteiger partial charge in [-0.1, -0.05) is 0 Å². The summed E-state index contributed by atoms with van der Waals surface area (Å²) < 4.78 is 6.91. The smallest absolute Gasteiger partial charge is 0.147 e. The molecule has 0 aliphatic heterocycles. The van der Waals surface area contributed by atoms with Gasteiger partial charge in [0.1, 0.15) is 0 Å². The Bertz CT molecular complexity index is 1890. The normalized spacial score (nSPS) is 20.9. The third-order valence-corrected chi connectivity index (χ3v) is 31.4. The van der Waals surface area contributed by atoms with Gasteiger partial charge < -0.3 is 0 Å². The van der Waals surface area contributed by atoms with E-state index in [0.29, 0.717) is 18.1 Å². The first-order chi connectivity index (χ1) is 24.1. The topological polar surface area (TPSA) is 0 Å². The molecule has 4 aromatic carbocycles. The summed E-state index contributed by atoms with van der Waals surface area (Å²) in [5, 5.41) is 0. The van der Waals surface area contributed by atoms with Crippen LogP contribution in [0.3, 0.4) is 0 Å². The maximum Gasteiger partial charge on any atom is -0.147 e. The van der Waals surface area contributed by atoms with Crippen molar-refractivity contribution >= 4 is 43.8 Å². The summed E-state index contributed by atoms with van der Waals surface area (Å²) in [7, 11) is 0. The standard InChI is InChI=1S/2C23H25.2CH3.2ClH.H2Si.Zr/c2*1-2-12-23(13-7-14-23)17-18-15-20-10-6-11-21(22(20)16-18)19-8-4-3-5-9-19;;;;;;/h2*3-6,8-11,15-16H,2,7,12-14,17H2,1H3;2*1H3;2*1H;1H2;. The summed E-state index contributed by atoms with van der Waals surface area (Å²) in [6, 6.07) is 37.2. The molecule has 4 aromatic rings. The van der Waals surface area contributed by atoms with Crippen LogP contribution in [-0.2, 0) is 17.4 Å². The van der Waals surface area contributed by atoms with E-state index in [0.717, 1.165) is 0 Å². The minimum atomic E-state index is -3.84. The van der Waals surface area contributed by atoms with Crippen LogP contribution < -0.4 is 0 Å². The predicted molar refractivity (Wildman–Crippen MR) is 232 cm³/mol. The zero-order valence-electron chi connectivity index (χ0n) is 32.1. The van der Waals surface area contributed by atoms with Gasteiger partial charge in [0.05, 0.1) is 0 Å². The second-order valence-electron chi connectivity index (χ2n) is 18.2. The number of benzene rings is 4. The van der Waals surface area contributed by atoms with Crippen LogP contribution in [0.1, 0.15) is 120 Å². The molecule has 2 fully saturated rings. The molecule has 0 amide bonds. The van der Waals surface area contributed by atoms with Gasteiger partial charge in [-0.05, 0) is 0 Å². The second kappa shape index (κ2) is 15.3. The second-order valence-corrected chi connectivity index (χ2v) is 48.6. The van der Waals surface area contributed by atoms with Crippen LogP contribution in [0, 0.1) is 10.8 Å². The minimum Gasteiger partial charge on any atom is -0.147 e. The van der Waals surface area contributed by atoms with Gasteiger partial charge in [0, 0.05) is 0 Å². The van der Waals surface area contributed by atoms with Crippen molar-refractivity contribution in [1.29, 1.82) is 0 Å². The average Bonchev–Trinajstić information content (AvgIpc) is 3.66. The molecule has 4 aliphatic rings. The van der Waals surface area contributed by atoms with Crippen molar-refractivity contribution in [1.82, 2.24) is 0 Å². The van der Waals surface area contributed by atoms with Gasteiger partial charge in [0.25, 0.3) is 0 Å². The fourth-order valence-corrected chi connectivity index (χ4v) is 31.4. The third kappa shape index (κ3) is 6.91. The Balaban J connectivity index is 0.00000232. The summed E-state index contributed by atoms with van der Waals surface area (Å²) in [6.45, 7) is 7.39. The minimum absolute atomic E-state index is 0. The number of rotatable bonds is 12. The van der Waals surface area contributed by atoms with Crippen molar-refractivity contribution in [3.8, 4) is 22.3 Å². The Morgan fingerprint density at radius 2 is 0.942 bits per heavy atom. The van der Waals surface area contributed by atoms with Gasteiger partial charge in [-0.2, -0.15) is 0 Å². The number of allylic oxidation sites excluding steroid dienone is 2. The number of halogens is 2. The summed E-state index contributed by atoms with van der Waals surface area (Å²) in [6.07, 6.45) is 21.9. The molecule has 0 aromatic heterocycles. The van der Waals surface area contributed by atoms with Gasteiger partial charge in [-0.25, -0.2) is 0 Å². The fourth-order valence-electron chi connectivity index (χ4n) is 11.7. The molecule has 2 atom stereocenters. The van der Waals surface area contributed by atoms with E-state index in [1.807, 2.05) is 0 Å². The molecule has 0 nitrogen and oxygen atoms in total. The molecule has 0 saturated heterocycles. The van der Waals surface area contributed by atoms with Gasteiger partial charge in [0.2, 0.25) is 0 Å². The van der Waals surface area contributed by atoms with Crippen LogP contribution in [0.4, 0.5) is 0 Å². The van der Waals surface area contributed by atoms with Crippen molar-refractivity contribution in [3.63, 3.8) is 0 Å². The summed E-state index contributed by atoms with van der Waals surface area (Å²) in [4.78, 5) is 0. The Morgan fingerprint density at radius 3 is 1.27 bits per heavy atom. The zero-order valence-corrected chi connectivity index (χ0v) is 37.6. The average molecular weight is 827 g/mol. The van der Waals surface area contributed by atoms with Crippen LogP contribution in [0.15, 0.2) is 108 Å². The van der Waals surface area contributed by atoms with Crippen LogP contribution in [-0.4, -0.2) is 6.88 Å². The molecular formula is C48H60Cl2SiZr. The van der Waals surface area contributed by atoms with Crippen LogP contribution in [0.2, 0.25) is 9.26 Å². The number of hydrogen-bond donors (Lipinski definition) is 0. The summed E-state index contributed by atoms with van der Waals surface area (Å²) in [5.41, 5.74) is 16.5. The first-order valence-electron chi connectivity index (χ1n) is 20.0. The molecule has 0 spiro atoms. The van der Waals surface area contributed by atoms with E-state index in [1.165, 1.54) is 110 Å². The van der Waals surface area contributed by atoms with E-state index in [4.69, 9.17) is 0 Å². The monoisotopic (exact) mass is 824 g/mol. The Morgan fingerprint density at radius 1 is 0.558 bits per heavy atom. The van der Waals surface area contributed by atoms with E-state index in [-0.39, 0.29) is 24.8 Å². The maximum absolute atomic E-state index is 3.84. The molecule has 2 saturated carbocycles. The maximum atomic E-state index is 2.89. The van der Waals surface area contributed by atoms with E-state index in [2.05, 4.69) is 139 Å². The summed E-state index contributed by atoms with van der Waals surface area (Å²) in [5.74, 6) is 0. The molecule has 4 aliphatic carbocycles.